The fraction of sp³-hybridized carbons (Fsp3) is 0.667. The van der Waals surface area contributed by atoms with Crippen LogP contribution < -0.4 is 10.1 Å². The maximum absolute atomic E-state index is 5.50. The molecule has 0 amide bonds. The number of likely N-dealkylation sites (N-methyl/N-ethyl adjacent to an activating group) is 1. The fourth-order valence-corrected chi connectivity index (χ4v) is 2.91. The van der Waals surface area contributed by atoms with Crippen molar-refractivity contribution in [1.29, 1.82) is 0 Å². The fourth-order valence-electron chi connectivity index (χ4n) is 2.91. The van der Waals surface area contributed by atoms with E-state index in [1.54, 1.807) is 7.11 Å². The van der Waals surface area contributed by atoms with Gasteiger partial charge < -0.3 is 10.1 Å². The molecule has 0 heterocycles. The standard InChI is InChI=1S/C18H32N2O/c1-8-20(13-14(2)19-18(4,5)6)15(3)16-11-9-10-12-17(16)21-7/h9-12,14-15,19H,8,13H2,1-7H3/t14-,15+/m1/s1. The Balaban J connectivity index is 2.79. The predicted octanol–water partition coefficient (Wildman–Crippen LogP) is 3.85. The van der Waals surface area contributed by atoms with E-state index in [4.69, 9.17) is 4.74 Å². The van der Waals surface area contributed by atoms with Crippen molar-refractivity contribution in [1.82, 2.24) is 10.2 Å². The highest BCUT2D eigenvalue weighted by Gasteiger charge is 2.21. The number of hydrogen-bond acceptors (Lipinski definition) is 3. The minimum Gasteiger partial charge on any atom is -0.496 e. The third kappa shape index (κ3) is 5.68. The first-order valence-corrected chi connectivity index (χ1v) is 7.93. The first-order valence-electron chi connectivity index (χ1n) is 7.93. The highest BCUT2D eigenvalue weighted by Crippen LogP contribution is 2.28. The number of para-hydroxylation sites is 1. The first-order chi connectivity index (χ1) is 9.78. The number of rotatable bonds is 7. The minimum absolute atomic E-state index is 0.145. The van der Waals surface area contributed by atoms with Crippen LogP contribution in [-0.2, 0) is 0 Å². The minimum atomic E-state index is 0.145. The number of nitrogens with zero attached hydrogens (tertiary/aromatic N) is 1. The smallest absolute Gasteiger partial charge is 0.123 e. The number of methoxy groups -OCH3 is 1. The summed E-state index contributed by atoms with van der Waals surface area (Å²) >= 11 is 0. The highest BCUT2D eigenvalue weighted by molar-refractivity contribution is 5.35. The molecule has 0 saturated carbocycles. The average Bonchev–Trinajstić information content (AvgIpc) is 2.42. The number of hydrogen-bond donors (Lipinski definition) is 1. The zero-order valence-corrected chi connectivity index (χ0v) is 14.7. The highest BCUT2D eigenvalue weighted by atomic mass is 16.5. The van der Waals surface area contributed by atoms with Gasteiger partial charge in [0.1, 0.15) is 5.75 Å². The van der Waals surface area contributed by atoms with E-state index in [-0.39, 0.29) is 5.54 Å². The zero-order valence-electron chi connectivity index (χ0n) is 14.7. The molecule has 2 atom stereocenters. The molecule has 1 aromatic rings. The molecule has 1 aromatic carbocycles. The molecule has 1 N–H and O–H groups in total. The summed E-state index contributed by atoms with van der Waals surface area (Å²) in [4.78, 5) is 2.49. The van der Waals surface area contributed by atoms with Gasteiger partial charge in [0.05, 0.1) is 7.11 Å². The molecule has 0 bridgehead atoms. The summed E-state index contributed by atoms with van der Waals surface area (Å²) in [5, 5.41) is 3.65. The third-order valence-electron chi connectivity index (χ3n) is 3.73. The van der Waals surface area contributed by atoms with E-state index in [0.29, 0.717) is 12.1 Å². The molecule has 0 spiro atoms. The van der Waals surface area contributed by atoms with Gasteiger partial charge in [0, 0.05) is 29.7 Å². The third-order valence-corrected chi connectivity index (χ3v) is 3.73. The van der Waals surface area contributed by atoms with Gasteiger partial charge in [-0.3, -0.25) is 4.90 Å². The Bertz CT molecular complexity index is 425. The van der Waals surface area contributed by atoms with Crippen LogP contribution in [0.2, 0.25) is 0 Å². The normalized spacial score (nSPS) is 15.0. The molecule has 0 fully saturated rings. The first kappa shape index (κ1) is 18.0. The zero-order chi connectivity index (χ0) is 16.0. The summed E-state index contributed by atoms with van der Waals surface area (Å²) in [6, 6.07) is 9.09. The Kier molecular flexibility index (Phi) is 6.69. The molecule has 0 unspecified atom stereocenters. The molecule has 3 nitrogen and oxygen atoms in total. The van der Waals surface area contributed by atoms with Crippen molar-refractivity contribution in [2.45, 2.75) is 59.2 Å². The molecular formula is C18H32N2O. The maximum atomic E-state index is 5.50. The molecule has 0 aromatic heterocycles. The van der Waals surface area contributed by atoms with E-state index >= 15 is 0 Å². The molecule has 0 saturated heterocycles. The summed E-state index contributed by atoms with van der Waals surface area (Å²) in [6.07, 6.45) is 0. The largest absolute Gasteiger partial charge is 0.496 e. The summed E-state index contributed by atoms with van der Waals surface area (Å²) < 4.78 is 5.50. The second kappa shape index (κ2) is 7.81. The van der Waals surface area contributed by atoms with Crippen LogP contribution in [-0.4, -0.2) is 36.7 Å². The number of ether oxygens (including phenoxy) is 1. The molecule has 120 valence electrons. The molecule has 0 aliphatic carbocycles. The van der Waals surface area contributed by atoms with E-state index in [9.17, 15) is 0 Å². The second-order valence-corrected chi connectivity index (χ2v) is 6.80. The van der Waals surface area contributed by atoms with Crippen LogP contribution in [0.5, 0.6) is 5.75 Å². The van der Waals surface area contributed by atoms with E-state index in [1.165, 1.54) is 5.56 Å². The van der Waals surface area contributed by atoms with Crippen molar-refractivity contribution in [3.63, 3.8) is 0 Å². The van der Waals surface area contributed by atoms with Crippen LogP contribution in [0.4, 0.5) is 0 Å². The molecule has 0 aliphatic rings. The van der Waals surface area contributed by atoms with Gasteiger partial charge in [0.2, 0.25) is 0 Å². The molecule has 1 rings (SSSR count). The Labute approximate surface area is 130 Å². The van der Waals surface area contributed by atoms with Crippen LogP contribution in [0.15, 0.2) is 24.3 Å². The van der Waals surface area contributed by atoms with Gasteiger partial charge in [-0.2, -0.15) is 0 Å². The lowest BCUT2D eigenvalue weighted by Gasteiger charge is -2.34. The summed E-state index contributed by atoms with van der Waals surface area (Å²) in [5.41, 5.74) is 1.40. The van der Waals surface area contributed by atoms with Gasteiger partial charge in [-0.1, -0.05) is 25.1 Å². The van der Waals surface area contributed by atoms with Crippen molar-refractivity contribution in [3.05, 3.63) is 29.8 Å². The summed E-state index contributed by atoms with van der Waals surface area (Å²) in [5.74, 6) is 0.972. The molecule has 21 heavy (non-hydrogen) atoms. The Morgan fingerprint density at radius 1 is 1.19 bits per heavy atom. The van der Waals surface area contributed by atoms with Crippen LogP contribution in [0.1, 0.15) is 53.1 Å². The van der Waals surface area contributed by atoms with Gasteiger partial charge in [0.15, 0.2) is 0 Å². The Hall–Kier alpha value is -1.06. The van der Waals surface area contributed by atoms with Crippen molar-refractivity contribution in [3.8, 4) is 5.75 Å². The Morgan fingerprint density at radius 3 is 2.33 bits per heavy atom. The maximum Gasteiger partial charge on any atom is 0.123 e. The van der Waals surface area contributed by atoms with Crippen molar-refractivity contribution >= 4 is 0 Å². The monoisotopic (exact) mass is 292 g/mol. The van der Waals surface area contributed by atoms with Gasteiger partial charge in [-0.15, -0.1) is 0 Å². The molecule has 0 radical (unpaired) electrons. The lowest BCUT2D eigenvalue weighted by atomic mass is 10.0. The van der Waals surface area contributed by atoms with Crippen molar-refractivity contribution in [2.75, 3.05) is 20.2 Å². The quantitative estimate of drug-likeness (QED) is 0.826. The molecule has 3 heteroatoms. The van der Waals surface area contributed by atoms with Gasteiger partial charge in [-0.05, 0) is 47.2 Å². The van der Waals surface area contributed by atoms with Crippen LogP contribution >= 0.6 is 0 Å². The SMILES string of the molecule is CCN(C[C@@H](C)NC(C)(C)C)[C@@H](C)c1ccccc1OC. The number of benzene rings is 1. The van der Waals surface area contributed by atoms with Gasteiger partial charge in [-0.25, -0.2) is 0 Å². The van der Waals surface area contributed by atoms with Crippen molar-refractivity contribution < 1.29 is 4.74 Å². The summed E-state index contributed by atoms with van der Waals surface area (Å²) in [7, 11) is 1.74. The summed E-state index contributed by atoms with van der Waals surface area (Å²) in [6.45, 7) is 15.4. The lowest BCUT2D eigenvalue weighted by molar-refractivity contribution is 0.186. The van der Waals surface area contributed by atoms with Crippen LogP contribution in [0, 0.1) is 0 Å². The van der Waals surface area contributed by atoms with Gasteiger partial charge in [0.25, 0.3) is 0 Å². The average molecular weight is 292 g/mol. The topological polar surface area (TPSA) is 24.5 Å². The predicted molar refractivity (Wildman–Crippen MR) is 91.0 cm³/mol. The van der Waals surface area contributed by atoms with Crippen LogP contribution in [0.3, 0.4) is 0 Å². The lowest BCUT2D eigenvalue weighted by Crippen LogP contribution is -2.48. The second-order valence-electron chi connectivity index (χ2n) is 6.80. The van der Waals surface area contributed by atoms with E-state index in [2.05, 4.69) is 63.9 Å². The van der Waals surface area contributed by atoms with Crippen molar-refractivity contribution in [2.24, 2.45) is 0 Å². The van der Waals surface area contributed by atoms with E-state index < -0.39 is 0 Å². The molecule has 0 aliphatic heterocycles. The number of nitrogens with one attached hydrogen (secondary N) is 1. The molecular weight excluding hydrogens is 260 g/mol. The Morgan fingerprint density at radius 2 is 1.81 bits per heavy atom. The van der Waals surface area contributed by atoms with E-state index in [0.717, 1.165) is 18.8 Å². The van der Waals surface area contributed by atoms with E-state index in [1.807, 2.05) is 12.1 Å². The van der Waals surface area contributed by atoms with Gasteiger partial charge >= 0.3 is 0 Å². The van der Waals surface area contributed by atoms with Crippen LogP contribution in [0.25, 0.3) is 0 Å².